The van der Waals surface area contributed by atoms with Crippen LogP contribution in [0.5, 0.6) is 0 Å². The van der Waals surface area contributed by atoms with Gasteiger partial charge in [-0.3, -0.25) is 0 Å². The van der Waals surface area contributed by atoms with Crippen molar-refractivity contribution in [2.45, 2.75) is 6.42 Å². The summed E-state index contributed by atoms with van der Waals surface area (Å²) in [4.78, 5) is 0. The molecule has 0 atom stereocenters. The first kappa shape index (κ1) is 9.37. The van der Waals surface area contributed by atoms with E-state index in [9.17, 15) is 0 Å². The van der Waals surface area contributed by atoms with Crippen LogP contribution in [0.1, 0.15) is 5.69 Å². The molecule has 1 aromatic carbocycles. The quantitative estimate of drug-likeness (QED) is 0.556. The lowest BCUT2D eigenvalue weighted by molar-refractivity contribution is 0.970. The number of nitrogens with two attached hydrogens (primary N) is 1. The van der Waals surface area contributed by atoms with Crippen molar-refractivity contribution in [2.24, 2.45) is 5.84 Å². The van der Waals surface area contributed by atoms with Crippen LogP contribution < -0.4 is 11.3 Å². The Morgan fingerprint density at radius 3 is 2.67 bits per heavy atom. The summed E-state index contributed by atoms with van der Waals surface area (Å²) in [6.07, 6.45) is 0.248. The number of benzene rings is 1. The van der Waals surface area contributed by atoms with Crippen LogP contribution in [0, 0.1) is 11.3 Å². The van der Waals surface area contributed by atoms with Gasteiger partial charge in [-0.2, -0.15) is 10.4 Å². The molecule has 15 heavy (non-hydrogen) atoms. The van der Waals surface area contributed by atoms with E-state index >= 15 is 0 Å². The van der Waals surface area contributed by atoms with Gasteiger partial charge < -0.3 is 5.43 Å². The van der Waals surface area contributed by atoms with E-state index < -0.39 is 0 Å². The molecule has 0 amide bonds. The van der Waals surface area contributed by atoms with Gasteiger partial charge in [0.2, 0.25) is 0 Å². The fourth-order valence-electron chi connectivity index (χ4n) is 1.47. The molecule has 0 radical (unpaired) electrons. The summed E-state index contributed by atoms with van der Waals surface area (Å²) in [6.45, 7) is 0. The molecule has 5 heteroatoms. The standard InChI is InChI=1S/C10H9N5/c11-6-5-9-7-3-1-2-4-8(7)10(13-12)15-14-9/h1-4H,5,12H2,(H,13,15). The van der Waals surface area contributed by atoms with Crippen LogP contribution in [0.25, 0.3) is 10.8 Å². The number of nitriles is 1. The van der Waals surface area contributed by atoms with E-state index in [4.69, 9.17) is 11.1 Å². The zero-order chi connectivity index (χ0) is 10.7. The number of nitrogen functional groups attached to an aromatic ring is 1. The zero-order valence-electron chi connectivity index (χ0n) is 7.94. The van der Waals surface area contributed by atoms with Crippen molar-refractivity contribution >= 4 is 16.6 Å². The lowest BCUT2D eigenvalue weighted by Gasteiger charge is -2.05. The second kappa shape index (κ2) is 3.90. The van der Waals surface area contributed by atoms with E-state index in [1.54, 1.807) is 0 Å². The van der Waals surface area contributed by atoms with Crippen LogP contribution in [-0.4, -0.2) is 10.2 Å². The molecule has 0 aliphatic rings. The van der Waals surface area contributed by atoms with E-state index in [-0.39, 0.29) is 6.42 Å². The first-order valence-electron chi connectivity index (χ1n) is 4.44. The van der Waals surface area contributed by atoms with Crippen LogP contribution in [0.2, 0.25) is 0 Å². The van der Waals surface area contributed by atoms with Crippen molar-refractivity contribution in [3.63, 3.8) is 0 Å². The molecule has 0 aliphatic heterocycles. The molecule has 5 nitrogen and oxygen atoms in total. The minimum atomic E-state index is 0.248. The number of nitrogens with one attached hydrogen (secondary N) is 1. The smallest absolute Gasteiger partial charge is 0.170 e. The topological polar surface area (TPSA) is 87.6 Å². The second-order valence-electron chi connectivity index (χ2n) is 3.02. The maximum Gasteiger partial charge on any atom is 0.170 e. The largest absolute Gasteiger partial charge is 0.306 e. The van der Waals surface area contributed by atoms with Crippen molar-refractivity contribution in [1.29, 1.82) is 5.26 Å². The number of nitrogens with zero attached hydrogens (tertiary/aromatic N) is 3. The van der Waals surface area contributed by atoms with Gasteiger partial charge in [0.25, 0.3) is 0 Å². The molecule has 2 aromatic rings. The Morgan fingerprint density at radius 2 is 2.00 bits per heavy atom. The average Bonchev–Trinajstić information content (AvgIpc) is 2.30. The SMILES string of the molecule is N#CCc1nnc(NN)c2ccccc12. The first-order chi connectivity index (χ1) is 7.36. The molecule has 0 spiro atoms. The highest BCUT2D eigenvalue weighted by Crippen LogP contribution is 2.21. The summed E-state index contributed by atoms with van der Waals surface area (Å²) in [5.74, 6) is 5.84. The van der Waals surface area contributed by atoms with Crippen LogP contribution in [-0.2, 0) is 6.42 Å². The second-order valence-corrected chi connectivity index (χ2v) is 3.02. The zero-order valence-corrected chi connectivity index (χ0v) is 7.94. The Balaban J connectivity index is 2.72. The van der Waals surface area contributed by atoms with Gasteiger partial charge in [0.1, 0.15) is 0 Å². The molecule has 0 unspecified atom stereocenters. The summed E-state index contributed by atoms with van der Waals surface area (Å²) in [6, 6.07) is 9.63. The van der Waals surface area contributed by atoms with E-state index in [1.807, 2.05) is 24.3 Å². The molecule has 0 saturated carbocycles. The molecular weight excluding hydrogens is 190 g/mol. The Bertz CT molecular complexity index is 529. The number of fused-ring (bicyclic) bond motifs is 1. The van der Waals surface area contributed by atoms with Crippen LogP contribution in [0.3, 0.4) is 0 Å². The minimum Gasteiger partial charge on any atom is -0.306 e. The van der Waals surface area contributed by atoms with Gasteiger partial charge >= 0.3 is 0 Å². The van der Waals surface area contributed by atoms with Gasteiger partial charge in [-0.25, -0.2) is 5.84 Å². The highest BCUT2D eigenvalue weighted by molar-refractivity contribution is 5.92. The summed E-state index contributed by atoms with van der Waals surface area (Å²) in [7, 11) is 0. The van der Waals surface area contributed by atoms with Crippen LogP contribution in [0.15, 0.2) is 24.3 Å². The summed E-state index contributed by atoms with van der Waals surface area (Å²) in [5, 5.41) is 18.3. The van der Waals surface area contributed by atoms with E-state index in [1.165, 1.54) is 0 Å². The molecule has 2 rings (SSSR count). The maximum absolute atomic E-state index is 8.65. The van der Waals surface area contributed by atoms with Crippen molar-refractivity contribution in [1.82, 2.24) is 10.2 Å². The van der Waals surface area contributed by atoms with Gasteiger partial charge in [-0.15, -0.1) is 5.10 Å². The Morgan fingerprint density at radius 1 is 1.27 bits per heavy atom. The van der Waals surface area contributed by atoms with Gasteiger partial charge in [0.05, 0.1) is 18.2 Å². The van der Waals surface area contributed by atoms with Gasteiger partial charge in [-0.1, -0.05) is 24.3 Å². The fraction of sp³-hybridized carbons (Fsp3) is 0.100. The van der Waals surface area contributed by atoms with Gasteiger partial charge in [0, 0.05) is 10.8 Å². The molecular formula is C10H9N5. The van der Waals surface area contributed by atoms with Crippen molar-refractivity contribution in [3.8, 4) is 6.07 Å². The van der Waals surface area contributed by atoms with E-state index in [0.29, 0.717) is 11.5 Å². The molecule has 0 aliphatic carbocycles. The third-order valence-corrected chi connectivity index (χ3v) is 2.15. The van der Waals surface area contributed by atoms with Crippen LogP contribution >= 0.6 is 0 Å². The lowest BCUT2D eigenvalue weighted by Crippen LogP contribution is -2.10. The summed E-state index contributed by atoms with van der Waals surface area (Å²) < 4.78 is 0. The number of hydrazine groups is 1. The first-order valence-corrected chi connectivity index (χ1v) is 4.44. The minimum absolute atomic E-state index is 0.248. The molecule has 0 bridgehead atoms. The number of anilines is 1. The molecule has 0 fully saturated rings. The Labute approximate surface area is 86.5 Å². The number of rotatable bonds is 2. The third-order valence-electron chi connectivity index (χ3n) is 2.15. The van der Waals surface area contributed by atoms with E-state index in [0.717, 1.165) is 10.8 Å². The highest BCUT2D eigenvalue weighted by atomic mass is 15.3. The predicted octanol–water partition coefficient (Wildman–Crippen LogP) is 0.981. The molecule has 1 aromatic heterocycles. The highest BCUT2D eigenvalue weighted by Gasteiger charge is 2.06. The number of hydrogen-bond acceptors (Lipinski definition) is 5. The fourth-order valence-corrected chi connectivity index (χ4v) is 1.47. The van der Waals surface area contributed by atoms with Gasteiger partial charge in [0.15, 0.2) is 5.82 Å². The average molecular weight is 199 g/mol. The molecule has 0 saturated heterocycles. The molecule has 3 N–H and O–H groups in total. The Kier molecular flexibility index (Phi) is 2.44. The van der Waals surface area contributed by atoms with Crippen molar-refractivity contribution < 1.29 is 0 Å². The maximum atomic E-state index is 8.65. The number of aromatic nitrogens is 2. The lowest BCUT2D eigenvalue weighted by atomic mass is 10.1. The third kappa shape index (κ3) is 1.58. The van der Waals surface area contributed by atoms with Crippen molar-refractivity contribution in [3.05, 3.63) is 30.0 Å². The molecule has 1 heterocycles. The normalized spacial score (nSPS) is 9.87. The van der Waals surface area contributed by atoms with Gasteiger partial charge in [-0.05, 0) is 0 Å². The summed E-state index contributed by atoms with van der Waals surface area (Å²) in [5.41, 5.74) is 3.16. The number of hydrogen-bond donors (Lipinski definition) is 2. The van der Waals surface area contributed by atoms with Crippen LogP contribution in [0.4, 0.5) is 5.82 Å². The Hall–Kier alpha value is -2.19. The molecule has 74 valence electrons. The van der Waals surface area contributed by atoms with E-state index in [2.05, 4.69) is 21.7 Å². The monoisotopic (exact) mass is 199 g/mol. The summed E-state index contributed by atoms with van der Waals surface area (Å²) >= 11 is 0. The predicted molar refractivity (Wildman–Crippen MR) is 56.7 cm³/mol. The van der Waals surface area contributed by atoms with Crippen molar-refractivity contribution in [2.75, 3.05) is 5.43 Å².